The zero-order valence-electron chi connectivity index (χ0n) is 13.8. The number of halogens is 2. The Morgan fingerprint density at radius 3 is 2.70 bits per heavy atom. The van der Waals surface area contributed by atoms with Gasteiger partial charge in [-0.15, -0.1) is 11.3 Å². The van der Waals surface area contributed by atoms with Crippen molar-refractivity contribution in [2.45, 2.75) is 4.21 Å². The Kier molecular flexibility index (Phi) is 5.79. The number of anilines is 1. The highest BCUT2D eigenvalue weighted by Gasteiger charge is 2.17. The van der Waals surface area contributed by atoms with Crippen molar-refractivity contribution in [1.29, 1.82) is 0 Å². The Bertz CT molecular complexity index is 1010. The van der Waals surface area contributed by atoms with Crippen molar-refractivity contribution in [2.75, 3.05) is 11.8 Å². The summed E-state index contributed by atoms with van der Waals surface area (Å²) >= 11 is 8.75. The van der Waals surface area contributed by atoms with Crippen LogP contribution in [0.25, 0.3) is 11.1 Å². The van der Waals surface area contributed by atoms with Crippen molar-refractivity contribution in [3.05, 3.63) is 58.2 Å². The molecule has 140 valence electrons. The van der Waals surface area contributed by atoms with Gasteiger partial charge in [0.15, 0.2) is 11.6 Å². The van der Waals surface area contributed by atoms with E-state index < -0.39 is 11.8 Å². The number of methoxy groups -OCH3 is 1. The fraction of sp³-hybridized carbons (Fsp3) is 0.0556. The lowest BCUT2D eigenvalue weighted by Crippen LogP contribution is -1.97. The number of hydrogen-bond donors (Lipinski definition) is 3. The molecule has 0 radical (unpaired) electrons. The van der Waals surface area contributed by atoms with E-state index in [2.05, 4.69) is 4.72 Å². The number of rotatable bonds is 6. The molecular weight excluding hydrogens is 413 g/mol. The number of aromatic carboxylic acids is 1. The Balaban J connectivity index is 1.80. The number of thiophene rings is 1. The van der Waals surface area contributed by atoms with Crippen LogP contribution in [0.1, 0.15) is 10.4 Å². The first-order valence-electron chi connectivity index (χ1n) is 7.52. The third-order valence-corrected chi connectivity index (χ3v) is 5.95. The van der Waals surface area contributed by atoms with Crippen LogP contribution in [0.3, 0.4) is 0 Å². The van der Waals surface area contributed by atoms with Gasteiger partial charge in [-0.2, -0.15) is 0 Å². The van der Waals surface area contributed by atoms with Crippen LogP contribution in [0.15, 0.2) is 46.7 Å². The quantitative estimate of drug-likeness (QED) is 0.437. The topological polar surface area (TPSA) is 78.8 Å². The SMILES string of the molecule is COc1cccc(-c2cc(SNc3ccc(C(=O)O)c(O)c3)sc2Cl)c1F. The standard InChI is InChI=1S/C18H13ClFNO4S2/c1-25-14-4-2-3-10(16(14)20)12-8-15(26-17(12)19)27-21-9-5-6-11(18(23)24)13(22)7-9/h2-8,21-22H,1H3,(H,23,24). The Labute approximate surface area is 167 Å². The summed E-state index contributed by atoms with van der Waals surface area (Å²) in [7, 11) is 1.40. The number of nitrogens with one attached hydrogen (secondary N) is 1. The Morgan fingerprint density at radius 1 is 1.26 bits per heavy atom. The lowest BCUT2D eigenvalue weighted by Gasteiger charge is -2.06. The second kappa shape index (κ2) is 8.08. The van der Waals surface area contributed by atoms with E-state index in [4.69, 9.17) is 21.4 Å². The molecule has 0 aliphatic carbocycles. The van der Waals surface area contributed by atoms with Crippen molar-refractivity contribution in [1.82, 2.24) is 0 Å². The van der Waals surface area contributed by atoms with Gasteiger partial charge >= 0.3 is 5.97 Å². The van der Waals surface area contributed by atoms with E-state index in [-0.39, 0.29) is 17.1 Å². The molecule has 3 aromatic rings. The van der Waals surface area contributed by atoms with Gasteiger partial charge in [-0.05, 0) is 36.2 Å². The van der Waals surface area contributed by atoms with Crippen LogP contribution in [0.4, 0.5) is 10.1 Å². The van der Waals surface area contributed by atoms with Gasteiger partial charge in [0.25, 0.3) is 0 Å². The summed E-state index contributed by atoms with van der Waals surface area (Å²) in [5.41, 5.74) is 1.22. The molecule has 0 saturated carbocycles. The molecule has 5 nitrogen and oxygen atoms in total. The maximum Gasteiger partial charge on any atom is 0.339 e. The summed E-state index contributed by atoms with van der Waals surface area (Å²) < 4.78 is 23.7. The van der Waals surface area contributed by atoms with Gasteiger partial charge in [0.05, 0.1) is 11.3 Å². The van der Waals surface area contributed by atoms with E-state index in [1.807, 2.05) is 0 Å². The summed E-state index contributed by atoms with van der Waals surface area (Å²) in [6, 6.07) is 10.7. The highest BCUT2D eigenvalue weighted by molar-refractivity contribution is 8.02. The van der Waals surface area contributed by atoms with Gasteiger partial charge in [0.1, 0.15) is 15.6 Å². The van der Waals surface area contributed by atoms with Crippen LogP contribution in [0.2, 0.25) is 4.34 Å². The summed E-state index contributed by atoms with van der Waals surface area (Å²) in [4.78, 5) is 10.9. The Morgan fingerprint density at radius 2 is 2.04 bits per heavy atom. The number of ether oxygens (including phenoxy) is 1. The van der Waals surface area contributed by atoms with Crippen LogP contribution in [0.5, 0.6) is 11.5 Å². The summed E-state index contributed by atoms with van der Waals surface area (Å²) in [5, 5.41) is 18.7. The second-order valence-corrected chi connectivity index (χ2v) is 8.08. The summed E-state index contributed by atoms with van der Waals surface area (Å²) in [5.74, 6) is -1.90. The smallest absolute Gasteiger partial charge is 0.339 e. The molecule has 0 aliphatic heterocycles. The number of aromatic hydroxyl groups is 1. The number of hydrogen-bond acceptors (Lipinski definition) is 6. The summed E-state index contributed by atoms with van der Waals surface area (Å²) in [6.45, 7) is 0. The first-order valence-corrected chi connectivity index (χ1v) is 9.53. The third-order valence-electron chi connectivity index (χ3n) is 3.64. The predicted octanol–water partition coefficient (Wildman–Crippen LogP) is 5.74. The minimum atomic E-state index is -1.21. The van der Waals surface area contributed by atoms with Crippen LogP contribution in [-0.4, -0.2) is 23.3 Å². The maximum atomic E-state index is 14.5. The summed E-state index contributed by atoms with van der Waals surface area (Å²) in [6.07, 6.45) is 0. The molecule has 27 heavy (non-hydrogen) atoms. The van der Waals surface area contributed by atoms with Gasteiger partial charge in [0.2, 0.25) is 0 Å². The first kappa shape index (κ1) is 19.3. The highest BCUT2D eigenvalue weighted by atomic mass is 35.5. The van der Waals surface area contributed by atoms with Crippen LogP contribution in [0, 0.1) is 5.82 Å². The minimum Gasteiger partial charge on any atom is -0.507 e. The fourth-order valence-corrected chi connectivity index (χ4v) is 4.58. The molecule has 0 spiro atoms. The van der Waals surface area contributed by atoms with Crippen LogP contribution in [-0.2, 0) is 0 Å². The molecule has 9 heteroatoms. The normalized spacial score (nSPS) is 10.6. The van der Waals surface area contributed by atoms with Crippen LogP contribution < -0.4 is 9.46 Å². The molecule has 0 amide bonds. The van der Waals surface area contributed by atoms with Gasteiger partial charge in [-0.3, -0.25) is 0 Å². The lowest BCUT2D eigenvalue weighted by molar-refractivity contribution is 0.0694. The van der Waals surface area contributed by atoms with Gasteiger partial charge in [-0.1, -0.05) is 23.7 Å². The molecule has 2 aromatic carbocycles. The molecule has 1 aromatic heterocycles. The van der Waals surface area contributed by atoms with E-state index in [1.54, 1.807) is 18.2 Å². The molecule has 3 rings (SSSR count). The molecule has 0 fully saturated rings. The monoisotopic (exact) mass is 425 g/mol. The van der Waals surface area contributed by atoms with E-state index in [0.717, 1.165) is 4.21 Å². The number of carbonyl (C=O) groups is 1. The van der Waals surface area contributed by atoms with E-state index in [0.29, 0.717) is 21.2 Å². The number of phenols is 1. The zero-order valence-corrected chi connectivity index (χ0v) is 16.2. The predicted molar refractivity (Wildman–Crippen MR) is 106 cm³/mol. The van der Waals surface area contributed by atoms with Crippen molar-refractivity contribution >= 4 is 46.5 Å². The molecule has 3 N–H and O–H groups in total. The molecule has 0 aliphatic rings. The first-order chi connectivity index (χ1) is 12.9. The maximum absolute atomic E-state index is 14.5. The lowest BCUT2D eigenvalue weighted by atomic mass is 10.1. The molecule has 0 bridgehead atoms. The molecule has 0 saturated heterocycles. The van der Waals surface area contributed by atoms with Crippen molar-refractivity contribution in [3.8, 4) is 22.6 Å². The van der Waals surface area contributed by atoms with E-state index >= 15 is 0 Å². The number of benzene rings is 2. The third kappa shape index (κ3) is 4.13. The zero-order chi connectivity index (χ0) is 19.6. The van der Waals surface area contributed by atoms with Gasteiger partial charge in [0, 0.05) is 22.9 Å². The number of carboxylic acids is 1. The fourth-order valence-electron chi connectivity index (χ4n) is 2.34. The molecule has 1 heterocycles. The van der Waals surface area contributed by atoms with E-state index in [1.165, 1.54) is 54.7 Å². The van der Waals surface area contributed by atoms with Crippen molar-refractivity contribution < 1.29 is 24.1 Å². The minimum absolute atomic E-state index is 0.135. The largest absolute Gasteiger partial charge is 0.507 e. The second-order valence-electron chi connectivity index (χ2n) is 5.32. The van der Waals surface area contributed by atoms with Gasteiger partial charge < -0.3 is 19.7 Å². The molecular formula is C18H13ClFNO4S2. The van der Waals surface area contributed by atoms with E-state index in [9.17, 15) is 14.3 Å². The molecule has 0 atom stereocenters. The average Bonchev–Trinajstić information content (AvgIpc) is 3.00. The van der Waals surface area contributed by atoms with Crippen LogP contribution >= 0.6 is 34.9 Å². The molecule has 0 unspecified atom stereocenters. The van der Waals surface area contributed by atoms with Crippen molar-refractivity contribution in [3.63, 3.8) is 0 Å². The highest BCUT2D eigenvalue weighted by Crippen LogP contribution is 2.42. The average molecular weight is 426 g/mol. The Hall–Kier alpha value is -2.42. The van der Waals surface area contributed by atoms with Crippen molar-refractivity contribution in [2.24, 2.45) is 0 Å². The number of carboxylic acid groups (broad SMARTS) is 1. The van der Waals surface area contributed by atoms with Gasteiger partial charge in [-0.25, -0.2) is 9.18 Å².